The van der Waals surface area contributed by atoms with Crippen molar-refractivity contribution >= 4 is 23.2 Å². The quantitative estimate of drug-likeness (QED) is 0.877. The zero-order valence-corrected chi connectivity index (χ0v) is 10.0. The van der Waals surface area contributed by atoms with E-state index in [9.17, 15) is 13.6 Å². The molecule has 1 rings (SSSR count). The molecule has 1 atom stereocenters. The van der Waals surface area contributed by atoms with Gasteiger partial charge in [-0.15, -0.1) is 0 Å². The highest BCUT2D eigenvalue weighted by Gasteiger charge is 2.17. The topological polar surface area (TPSA) is 55.1 Å². The van der Waals surface area contributed by atoms with Crippen LogP contribution in [0.4, 0.5) is 14.5 Å². The van der Waals surface area contributed by atoms with Gasteiger partial charge in [-0.2, -0.15) is 0 Å². The van der Waals surface area contributed by atoms with Crippen LogP contribution in [-0.4, -0.2) is 11.9 Å². The van der Waals surface area contributed by atoms with Gasteiger partial charge in [0.25, 0.3) is 0 Å². The van der Waals surface area contributed by atoms with Crippen LogP contribution in [-0.2, 0) is 4.79 Å². The van der Waals surface area contributed by atoms with Crippen LogP contribution in [0.5, 0.6) is 0 Å². The van der Waals surface area contributed by atoms with Gasteiger partial charge in [0.1, 0.15) is 5.82 Å². The Hall–Kier alpha value is -1.20. The number of hydrogen-bond donors (Lipinski definition) is 2. The summed E-state index contributed by atoms with van der Waals surface area (Å²) in [4.78, 5) is 11.5. The Morgan fingerprint density at radius 1 is 1.53 bits per heavy atom. The summed E-state index contributed by atoms with van der Waals surface area (Å²) < 4.78 is 26.1. The molecule has 0 spiro atoms. The third-order valence-electron chi connectivity index (χ3n) is 2.19. The molecular weight excluding hydrogens is 250 g/mol. The van der Waals surface area contributed by atoms with E-state index in [1.54, 1.807) is 0 Å². The van der Waals surface area contributed by atoms with Crippen molar-refractivity contribution in [1.29, 1.82) is 0 Å². The molecule has 0 radical (unpaired) electrons. The fourth-order valence-corrected chi connectivity index (χ4v) is 1.56. The minimum Gasteiger partial charge on any atom is -0.321 e. The zero-order chi connectivity index (χ0) is 13.0. The molecule has 0 aromatic heterocycles. The first-order valence-corrected chi connectivity index (χ1v) is 5.54. The number of nitrogens with two attached hydrogens (primary N) is 1. The van der Waals surface area contributed by atoms with E-state index in [0.717, 1.165) is 12.5 Å². The van der Waals surface area contributed by atoms with E-state index >= 15 is 0 Å². The fourth-order valence-electron chi connectivity index (χ4n) is 1.32. The van der Waals surface area contributed by atoms with Crippen molar-refractivity contribution < 1.29 is 13.6 Å². The first-order valence-electron chi connectivity index (χ1n) is 5.16. The Bertz CT molecular complexity index is 403. The standard InChI is InChI=1S/C11H13ClF2N2O/c1-2-3-9(15)11(17)16-10-7(12)4-6(13)5-8(10)14/h4-5,9H,2-3,15H2,1H3,(H,16,17). The third kappa shape index (κ3) is 3.64. The van der Waals surface area contributed by atoms with Crippen molar-refractivity contribution in [1.82, 2.24) is 0 Å². The van der Waals surface area contributed by atoms with Gasteiger partial charge in [0.05, 0.1) is 16.8 Å². The molecule has 3 nitrogen and oxygen atoms in total. The summed E-state index contributed by atoms with van der Waals surface area (Å²) in [5.74, 6) is -2.27. The molecule has 0 heterocycles. The highest BCUT2D eigenvalue weighted by molar-refractivity contribution is 6.33. The monoisotopic (exact) mass is 262 g/mol. The summed E-state index contributed by atoms with van der Waals surface area (Å²) in [6.07, 6.45) is 1.21. The Morgan fingerprint density at radius 2 is 2.18 bits per heavy atom. The number of nitrogens with one attached hydrogen (secondary N) is 1. The summed E-state index contributed by atoms with van der Waals surface area (Å²) in [5, 5.41) is 2.06. The second-order valence-corrected chi connectivity index (χ2v) is 4.04. The summed E-state index contributed by atoms with van der Waals surface area (Å²) in [5.41, 5.74) is 5.31. The van der Waals surface area contributed by atoms with E-state index in [4.69, 9.17) is 17.3 Å². The molecule has 0 fully saturated rings. The molecule has 94 valence electrons. The van der Waals surface area contributed by atoms with Gasteiger partial charge in [0.2, 0.25) is 5.91 Å². The van der Waals surface area contributed by atoms with Crippen LogP contribution in [0.1, 0.15) is 19.8 Å². The number of benzene rings is 1. The molecular formula is C11H13ClF2N2O. The Morgan fingerprint density at radius 3 is 2.71 bits per heavy atom. The number of halogens is 3. The lowest BCUT2D eigenvalue weighted by molar-refractivity contribution is -0.117. The van der Waals surface area contributed by atoms with Gasteiger partial charge in [0, 0.05) is 6.07 Å². The smallest absolute Gasteiger partial charge is 0.241 e. The average molecular weight is 263 g/mol. The predicted octanol–water partition coefficient (Wildman–Crippen LogP) is 2.68. The van der Waals surface area contributed by atoms with Crippen LogP contribution in [0, 0.1) is 11.6 Å². The maximum atomic E-state index is 13.3. The predicted molar refractivity (Wildman–Crippen MR) is 62.9 cm³/mol. The molecule has 1 aromatic carbocycles. The molecule has 0 bridgehead atoms. The second-order valence-electron chi connectivity index (χ2n) is 3.63. The lowest BCUT2D eigenvalue weighted by Crippen LogP contribution is -2.35. The first kappa shape index (κ1) is 13.9. The SMILES string of the molecule is CCCC(N)C(=O)Nc1c(F)cc(F)cc1Cl. The average Bonchev–Trinajstić information content (AvgIpc) is 2.23. The number of carbonyl (C=O) groups excluding carboxylic acids is 1. The molecule has 0 aliphatic heterocycles. The van der Waals surface area contributed by atoms with E-state index in [1.807, 2.05) is 6.92 Å². The normalized spacial score (nSPS) is 12.3. The summed E-state index contributed by atoms with van der Waals surface area (Å²) >= 11 is 5.63. The van der Waals surface area contributed by atoms with Crippen molar-refractivity contribution in [2.75, 3.05) is 5.32 Å². The van der Waals surface area contributed by atoms with E-state index < -0.39 is 23.6 Å². The minimum atomic E-state index is -0.924. The molecule has 0 aliphatic carbocycles. The highest BCUT2D eigenvalue weighted by atomic mass is 35.5. The number of hydrogen-bond acceptors (Lipinski definition) is 2. The Kier molecular flexibility index (Phi) is 4.84. The molecule has 0 saturated carbocycles. The molecule has 1 unspecified atom stereocenters. The van der Waals surface area contributed by atoms with Crippen molar-refractivity contribution in [2.24, 2.45) is 5.73 Å². The molecule has 0 aliphatic rings. The molecule has 0 saturated heterocycles. The third-order valence-corrected chi connectivity index (χ3v) is 2.49. The van der Waals surface area contributed by atoms with E-state index in [1.165, 1.54) is 0 Å². The van der Waals surface area contributed by atoms with Gasteiger partial charge in [-0.05, 0) is 12.5 Å². The lowest BCUT2D eigenvalue weighted by Gasteiger charge is -2.12. The Labute approximate surface area is 103 Å². The maximum absolute atomic E-state index is 13.3. The highest BCUT2D eigenvalue weighted by Crippen LogP contribution is 2.26. The largest absolute Gasteiger partial charge is 0.321 e. The van der Waals surface area contributed by atoms with Crippen molar-refractivity contribution in [3.05, 3.63) is 28.8 Å². The molecule has 3 N–H and O–H groups in total. The number of rotatable bonds is 4. The summed E-state index contributed by atoms with van der Waals surface area (Å²) in [6.45, 7) is 1.87. The molecule has 1 aromatic rings. The summed E-state index contributed by atoms with van der Waals surface area (Å²) in [6, 6.07) is 0.832. The minimum absolute atomic E-state index is 0.195. The van der Waals surface area contributed by atoms with Crippen LogP contribution in [0.3, 0.4) is 0 Å². The van der Waals surface area contributed by atoms with Crippen molar-refractivity contribution in [3.8, 4) is 0 Å². The number of anilines is 1. The van der Waals surface area contributed by atoms with Gasteiger partial charge in [-0.3, -0.25) is 4.79 Å². The lowest BCUT2D eigenvalue weighted by atomic mass is 10.1. The van der Waals surface area contributed by atoms with Gasteiger partial charge in [-0.1, -0.05) is 24.9 Å². The van der Waals surface area contributed by atoms with Crippen LogP contribution < -0.4 is 11.1 Å². The van der Waals surface area contributed by atoms with Gasteiger partial charge in [-0.25, -0.2) is 8.78 Å². The van der Waals surface area contributed by atoms with Crippen LogP contribution in [0.15, 0.2) is 12.1 Å². The second kappa shape index (κ2) is 5.93. The molecule has 1 amide bonds. The van der Waals surface area contributed by atoms with Gasteiger partial charge in [0.15, 0.2) is 5.82 Å². The zero-order valence-electron chi connectivity index (χ0n) is 9.27. The van der Waals surface area contributed by atoms with E-state index in [0.29, 0.717) is 12.5 Å². The van der Waals surface area contributed by atoms with Crippen LogP contribution in [0.2, 0.25) is 5.02 Å². The van der Waals surface area contributed by atoms with E-state index in [2.05, 4.69) is 5.32 Å². The van der Waals surface area contributed by atoms with Crippen LogP contribution in [0.25, 0.3) is 0 Å². The van der Waals surface area contributed by atoms with Gasteiger partial charge < -0.3 is 11.1 Å². The van der Waals surface area contributed by atoms with Crippen LogP contribution >= 0.6 is 11.6 Å². The number of carbonyl (C=O) groups is 1. The maximum Gasteiger partial charge on any atom is 0.241 e. The van der Waals surface area contributed by atoms with Crippen molar-refractivity contribution in [2.45, 2.75) is 25.8 Å². The molecule has 17 heavy (non-hydrogen) atoms. The first-order chi connectivity index (χ1) is 7.95. The number of amides is 1. The Balaban J connectivity index is 2.85. The van der Waals surface area contributed by atoms with E-state index in [-0.39, 0.29) is 10.7 Å². The fraction of sp³-hybridized carbons (Fsp3) is 0.364. The van der Waals surface area contributed by atoms with Gasteiger partial charge >= 0.3 is 0 Å². The van der Waals surface area contributed by atoms with Crippen molar-refractivity contribution in [3.63, 3.8) is 0 Å². The summed E-state index contributed by atoms with van der Waals surface area (Å²) in [7, 11) is 0. The molecule has 6 heteroatoms.